The molecule has 1 atom stereocenters. The first-order chi connectivity index (χ1) is 11.9. The van der Waals surface area contributed by atoms with E-state index in [2.05, 4.69) is 10.2 Å². The molecule has 0 N–H and O–H groups in total. The van der Waals surface area contributed by atoms with Crippen LogP contribution in [0.5, 0.6) is 5.75 Å². The highest BCUT2D eigenvalue weighted by molar-refractivity contribution is 5.78. The molecule has 1 amide bonds. The zero-order valence-electron chi connectivity index (χ0n) is 14.0. The number of benzene rings is 1. The van der Waals surface area contributed by atoms with Crippen molar-refractivity contribution in [3.8, 4) is 5.75 Å². The average molecular weight is 351 g/mol. The monoisotopic (exact) mass is 351 g/mol. The third kappa shape index (κ3) is 3.94. The first kappa shape index (κ1) is 17.3. The summed E-state index contributed by atoms with van der Waals surface area (Å²) in [5, 5.41) is 7.61. The van der Waals surface area contributed by atoms with Gasteiger partial charge >= 0.3 is 0 Å². The Bertz CT molecular complexity index is 763. The van der Waals surface area contributed by atoms with E-state index in [1.54, 1.807) is 18.2 Å². The molecule has 2 heterocycles. The summed E-state index contributed by atoms with van der Waals surface area (Å²) < 4.78 is 38.6. The molecule has 1 aliphatic heterocycles. The Labute approximate surface area is 143 Å². The highest BCUT2D eigenvalue weighted by Crippen LogP contribution is 2.40. The van der Waals surface area contributed by atoms with E-state index in [1.165, 1.54) is 0 Å². The van der Waals surface area contributed by atoms with E-state index in [-0.39, 0.29) is 12.5 Å². The minimum absolute atomic E-state index is 0.0398. The minimum Gasteiger partial charge on any atom is -0.484 e. The van der Waals surface area contributed by atoms with Crippen LogP contribution in [0, 0.1) is 6.92 Å². The number of hydrogen-bond donors (Lipinski definition) is 0. The number of carbonyl (C=O) groups excluding carboxylic acids is 1. The summed E-state index contributed by atoms with van der Waals surface area (Å²) in [4.78, 5) is 13.5. The lowest BCUT2D eigenvalue weighted by atomic mass is 10.2. The third-order valence-corrected chi connectivity index (χ3v) is 4.01. The average Bonchev–Trinajstić information content (AvgIpc) is 3.16. The van der Waals surface area contributed by atoms with Crippen LogP contribution >= 0.6 is 0 Å². The fourth-order valence-electron chi connectivity index (χ4n) is 2.78. The van der Waals surface area contributed by atoms with Gasteiger partial charge in [-0.3, -0.25) is 4.79 Å². The Morgan fingerprint density at radius 1 is 1.44 bits per heavy atom. The second-order valence-corrected chi connectivity index (χ2v) is 6.09. The third-order valence-electron chi connectivity index (χ3n) is 4.01. The van der Waals surface area contributed by atoms with Crippen molar-refractivity contribution in [1.82, 2.24) is 15.1 Å². The summed E-state index contributed by atoms with van der Waals surface area (Å²) >= 11 is 0. The molecular weight excluding hydrogens is 332 g/mol. The Kier molecular flexibility index (Phi) is 4.69. The lowest BCUT2D eigenvalue weighted by Crippen LogP contribution is -2.36. The first-order valence-electron chi connectivity index (χ1n) is 8.07. The lowest BCUT2D eigenvalue weighted by Gasteiger charge is -2.21. The largest absolute Gasteiger partial charge is 0.484 e. The molecule has 0 spiro atoms. The zero-order valence-corrected chi connectivity index (χ0v) is 14.0. The van der Waals surface area contributed by atoms with Crippen molar-refractivity contribution >= 4 is 5.91 Å². The number of aryl methyl sites for hydroxylation is 2. The second-order valence-electron chi connectivity index (χ2n) is 6.09. The molecule has 6 nitrogen and oxygen atoms in total. The molecule has 0 unspecified atom stereocenters. The number of halogens is 2. The Morgan fingerprint density at radius 3 is 2.92 bits per heavy atom. The summed E-state index contributed by atoms with van der Waals surface area (Å²) in [6, 6.07) is 6.24. The number of likely N-dealkylation sites (tertiary alicyclic amines) is 1. The van der Waals surface area contributed by atoms with Crippen molar-refractivity contribution < 1.29 is 22.7 Å². The maximum absolute atomic E-state index is 13.9. The van der Waals surface area contributed by atoms with Crippen molar-refractivity contribution in [2.45, 2.75) is 38.7 Å². The number of nitrogens with zero attached hydrogens (tertiary/aromatic N) is 3. The van der Waals surface area contributed by atoms with E-state index in [9.17, 15) is 13.6 Å². The fourth-order valence-corrected chi connectivity index (χ4v) is 2.78. The van der Waals surface area contributed by atoms with E-state index in [1.807, 2.05) is 19.9 Å². The van der Waals surface area contributed by atoms with Gasteiger partial charge in [0.2, 0.25) is 11.8 Å². The van der Waals surface area contributed by atoms with Crippen LogP contribution < -0.4 is 4.74 Å². The molecular formula is C17H19F2N3O3. The lowest BCUT2D eigenvalue weighted by molar-refractivity contribution is -0.135. The first-order valence-corrected chi connectivity index (χ1v) is 8.07. The number of amides is 1. The standard InChI is InChI=1S/C17H19F2N3O3/c1-3-14-20-21-16(25-14)13-8-17(18,19)10-22(13)15(23)9-24-12-6-4-5-11(2)7-12/h4-7,13H,3,8-10H2,1-2H3/t13-/m0/s1. The van der Waals surface area contributed by atoms with E-state index in [4.69, 9.17) is 9.15 Å². The Morgan fingerprint density at radius 2 is 2.24 bits per heavy atom. The molecule has 1 aromatic heterocycles. The summed E-state index contributed by atoms with van der Waals surface area (Å²) in [5.41, 5.74) is 0.980. The highest BCUT2D eigenvalue weighted by atomic mass is 19.3. The van der Waals surface area contributed by atoms with Crippen molar-refractivity contribution in [3.63, 3.8) is 0 Å². The molecule has 25 heavy (non-hydrogen) atoms. The van der Waals surface area contributed by atoms with Crippen LogP contribution in [-0.4, -0.2) is 40.1 Å². The quantitative estimate of drug-likeness (QED) is 0.828. The summed E-state index contributed by atoms with van der Waals surface area (Å²) in [7, 11) is 0. The predicted octanol–water partition coefficient (Wildman–Crippen LogP) is 2.93. The zero-order chi connectivity index (χ0) is 18.0. The highest BCUT2D eigenvalue weighted by Gasteiger charge is 2.49. The Balaban J connectivity index is 1.72. The van der Waals surface area contributed by atoms with Gasteiger partial charge in [-0.05, 0) is 24.6 Å². The van der Waals surface area contributed by atoms with Gasteiger partial charge in [-0.15, -0.1) is 10.2 Å². The molecule has 1 fully saturated rings. The summed E-state index contributed by atoms with van der Waals surface area (Å²) in [5.74, 6) is -2.63. The van der Waals surface area contributed by atoms with Crippen LogP contribution in [0.1, 0.15) is 36.7 Å². The molecule has 0 aliphatic carbocycles. The maximum atomic E-state index is 13.9. The molecule has 3 rings (SSSR count). The minimum atomic E-state index is -3.00. The van der Waals surface area contributed by atoms with E-state index < -0.39 is 30.8 Å². The summed E-state index contributed by atoms with van der Waals surface area (Å²) in [6.45, 7) is 2.70. The van der Waals surface area contributed by atoms with Gasteiger partial charge in [0.1, 0.15) is 11.8 Å². The number of rotatable bonds is 5. The van der Waals surface area contributed by atoms with Crippen LogP contribution in [0.3, 0.4) is 0 Å². The molecule has 8 heteroatoms. The van der Waals surface area contributed by atoms with Crippen molar-refractivity contribution in [1.29, 1.82) is 0 Å². The normalized spacial score (nSPS) is 19.2. The van der Waals surface area contributed by atoms with Gasteiger partial charge in [0, 0.05) is 12.8 Å². The van der Waals surface area contributed by atoms with Gasteiger partial charge in [-0.1, -0.05) is 19.1 Å². The van der Waals surface area contributed by atoms with Gasteiger partial charge in [-0.2, -0.15) is 0 Å². The molecule has 0 bridgehead atoms. The molecule has 0 saturated carbocycles. The molecule has 1 aromatic carbocycles. The van der Waals surface area contributed by atoms with E-state index in [0.717, 1.165) is 10.5 Å². The van der Waals surface area contributed by atoms with Gasteiger partial charge in [-0.25, -0.2) is 8.78 Å². The summed E-state index contributed by atoms with van der Waals surface area (Å²) in [6.07, 6.45) is -0.0327. The number of hydrogen-bond acceptors (Lipinski definition) is 5. The molecule has 1 aliphatic rings. The van der Waals surface area contributed by atoms with Crippen molar-refractivity contribution in [3.05, 3.63) is 41.6 Å². The second kappa shape index (κ2) is 6.78. The number of aromatic nitrogens is 2. The van der Waals surface area contributed by atoms with Crippen LogP contribution in [-0.2, 0) is 11.2 Å². The van der Waals surface area contributed by atoms with Gasteiger partial charge in [0.15, 0.2) is 6.61 Å². The number of ether oxygens (including phenoxy) is 1. The fraction of sp³-hybridized carbons (Fsp3) is 0.471. The number of carbonyl (C=O) groups is 1. The van der Waals surface area contributed by atoms with Crippen LogP contribution in [0.2, 0.25) is 0 Å². The van der Waals surface area contributed by atoms with E-state index >= 15 is 0 Å². The van der Waals surface area contributed by atoms with Crippen LogP contribution in [0.25, 0.3) is 0 Å². The van der Waals surface area contributed by atoms with E-state index in [0.29, 0.717) is 18.1 Å². The molecule has 134 valence electrons. The van der Waals surface area contributed by atoms with Gasteiger partial charge in [0.25, 0.3) is 11.8 Å². The topological polar surface area (TPSA) is 68.5 Å². The molecule has 0 radical (unpaired) electrons. The Hall–Kier alpha value is -2.51. The molecule has 1 saturated heterocycles. The van der Waals surface area contributed by atoms with Crippen LogP contribution in [0.15, 0.2) is 28.7 Å². The maximum Gasteiger partial charge on any atom is 0.267 e. The van der Waals surface area contributed by atoms with Crippen LogP contribution in [0.4, 0.5) is 8.78 Å². The SMILES string of the molecule is CCc1nnc([C@@H]2CC(F)(F)CN2C(=O)COc2cccc(C)c2)o1. The predicted molar refractivity (Wildman–Crippen MR) is 84.4 cm³/mol. The van der Waals surface area contributed by atoms with Crippen molar-refractivity contribution in [2.24, 2.45) is 0 Å². The van der Waals surface area contributed by atoms with Gasteiger partial charge < -0.3 is 14.1 Å². The molecule has 2 aromatic rings. The number of alkyl halides is 2. The van der Waals surface area contributed by atoms with Crippen molar-refractivity contribution in [2.75, 3.05) is 13.2 Å². The van der Waals surface area contributed by atoms with Gasteiger partial charge in [0.05, 0.1) is 6.54 Å². The smallest absolute Gasteiger partial charge is 0.267 e.